The topological polar surface area (TPSA) is 47.6 Å². The minimum absolute atomic E-state index is 0.127. The highest BCUT2D eigenvalue weighted by Crippen LogP contribution is 2.32. The first-order valence-corrected chi connectivity index (χ1v) is 7.12. The van der Waals surface area contributed by atoms with Crippen LogP contribution in [0.4, 0.5) is 0 Å². The zero-order valence-electron chi connectivity index (χ0n) is 12.3. The molecule has 0 bridgehead atoms. The highest BCUT2D eigenvalue weighted by atomic mass is 16.7. The van der Waals surface area contributed by atoms with Gasteiger partial charge in [-0.15, -0.1) is 0 Å². The van der Waals surface area contributed by atoms with Crippen molar-refractivity contribution in [2.75, 3.05) is 6.79 Å². The van der Waals surface area contributed by atoms with Crippen LogP contribution in [0.3, 0.4) is 0 Å². The Hall–Kier alpha value is -2.75. The molecule has 0 saturated heterocycles. The first kappa shape index (κ1) is 14.2. The Morgan fingerprint density at radius 2 is 1.91 bits per heavy atom. The lowest BCUT2D eigenvalue weighted by Gasteiger charge is -2.04. The summed E-state index contributed by atoms with van der Waals surface area (Å²) in [5.74, 6) is 1.34. The summed E-state index contributed by atoms with van der Waals surface area (Å²) in [4.78, 5) is 11.8. The van der Waals surface area contributed by atoms with Crippen LogP contribution in [0, 0.1) is 6.92 Å². The first-order chi connectivity index (χ1) is 10.7. The van der Waals surface area contributed by atoms with Crippen molar-refractivity contribution in [3.05, 3.63) is 65.2 Å². The molecule has 0 spiro atoms. The van der Waals surface area contributed by atoms with Gasteiger partial charge in [-0.2, -0.15) is 0 Å². The van der Waals surface area contributed by atoms with Gasteiger partial charge in [-0.1, -0.05) is 35.9 Å². The van der Waals surface area contributed by atoms with Gasteiger partial charge in [0.05, 0.1) is 0 Å². The molecule has 0 saturated carbocycles. The molecule has 0 unspecified atom stereocenters. The molecule has 112 valence electrons. The number of nitrogens with one attached hydrogen (secondary N) is 1. The van der Waals surface area contributed by atoms with E-state index in [1.54, 1.807) is 6.08 Å². The van der Waals surface area contributed by atoms with Crippen LogP contribution >= 0.6 is 0 Å². The Morgan fingerprint density at radius 1 is 1.14 bits per heavy atom. The molecule has 3 rings (SSSR count). The van der Waals surface area contributed by atoms with Crippen molar-refractivity contribution in [3.63, 3.8) is 0 Å². The number of benzene rings is 2. The predicted octanol–water partition coefficient (Wildman–Crippen LogP) is 3.05. The van der Waals surface area contributed by atoms with E-state index in [1.807, 2.05) is 49.4 Å². The molecule has 1 N–H and O–H groups in total. The third kappa shape index (κ3) is 3.47. The van der Waals surface area contributed by atoms with Gasteiger partial charge >= 0.3 is 0 Å². The van der Waals surface area contributed by atoms with Crippen LogP contribution < -0.4 is 14.8 Å². The van der Waals surface area contributed by atoms with E-state index >= 15 is 0 Å². The Labute approximate surface area is 129 Å². The molecule has 1 aliphatic heterocycles. The third-order valence-corrected chi connectivity index (χ3v) is 3.41. The van der Waals surface area contributed by atoms with Crippen molar-refractivity contribution < 1.29 is 14.3 Å². The molecule has 0 aliphatic carbocycles. The number of carbonyl (C=O) groups excluding carboxylic acids is 1. The second-order valence-corrected chi connectivity index (χ2v) is 5.15. The molecular formula is C18H17NO3. The van der Waals surface area contributed by atoms with Gasteiger partial charge in [-0.3, -0.25) is 4.79 Å². The molecule has 1 aliphatic rings. The van der Waals surface area contributed by atoms with Crippen LogP contribution in [0.2, 0.25) is 0 Å². The summed E-state index contributed by atoms with van der Waals surface area (Å²) >= 11 is 0. The van der Waals surface area contributed by atoms with Gasteiger partial charge in [-0.05, 0) is 36.3 Å². The zero-order chi connectivity index (χ0) is 15.4. The van der Waals surface area contributed by atoms with E-state index in [1.165, 1.54) is 11.6 Å². The maximum atomic E-state index is 11.8. The molecule has 1 amide bonds. The van der Waals surface area contributed by atoms with Gasteiger partial charge in [0.1, 0.15) is 0 Å². The van der Waals surface area contributed by atoms with Crippen LogP contribution in [0.25, 0.3) is 6.08 Å². The minimum atomic E-state index is -0.127. The van der Waals surface area contributed by atoms with Gasteiger partial charge in [0.25, 0.3) is 0 Å². The third-order valence-electron chi connectivity index (χ3n) is 3.41. The molecule has 0 aromatic heterocycles. The normalized spacial score (nSPS) is 12.6. The van der Waals surface area contributed by atoms with Crippen molar-refractivity contribution in [1.82, 2.24) is 5.32 Å². The van der Waals surface area contributed by atoms with E-state index < -0.39 is 0 Å². The van der Waals surface area contributed by atoms with E-state index in [2.05, 4.69) is 5.32 Å². The van der Waals surface area contributed by atoms with E-state index in [-0.39, 0.29) is 12.7 Å². The molecule has 0 atom stereocenters. The van der Waals surface area contributed by atoms with Crippen molar-refractivity contribution in [2.45, 2.75) is 13.5 Å². The molecule has 0 fully saturated rings. The number of rotatable bonds is 4. The number of fused-ring (bicyclic) bond motifs is 1. The van der Waals surface area contributed by atoms with Crippen molar-refractivity contribution in [2.24, 2.45) is 0 Å². The molecule has 22 heavy (non-hydrogen) atoms. The monoisotopic (exact) mass is 295 g/mol. The maximum Gasteiger partial charge on any atom is 0.244 e. The zero-order valence-corrected chi connectivity index (χ0v) is 12.3. The summed E-state index contributed by atoms with van der Waals surface area (Å²) in [6.07, 6.45) is 3.34. The number of ether oxygens (including phenoxy) is 2. The van der Waals surface area contributed by atoms with E-state index in [4.69, 9.17) is 9.47 Å². The summed E-state index contributed by atoms with van der Waals surface area (Å²) in [5.41, 5.74) is 3.18. The predicted molar refractivity (Wildman–Crippen MR) is 84.6 cm³/mol. The highest BCUT2D eigenvalue weighted by Gasteiger charge is 2.13. The smallest absolute Gasteiger partial charge is 0.244 e. The summed E-state index contributed by atoms with van der Waals surface area (Å²) < 4.78 is 10.6. The van der Waals surface area contributed by atoms with Gasteiger partial charge in [0.15, 0.2) is 11.5 Å². The second kappa shape index (κ2) is 6.35. The summed E-state index contributed by atoms with van der Waals surface area (Å²) in [7, 11) is 0. The Bertz CT molecular complexity index is 705. The van der Waals surface area contributed by atoms with Crippen LogP contribution in [0.5, 0.6) is 11.5 Å². The lowest BCUT2D eigenvalue weighted by molar-refractivity contribution is -0.116. The number of carbonyl (C=O) groups is 1. The van der Waals surface area contributed by atoms with E-state index in [0.717, 1.165) is 22.6 Å². The summed E-state index contributed by atoms with van der Waals surface area (Å²) in [5, 5.41) is 2.85. The Kier molecular flexibility index (Phi) is 4.10. The van der Waals surface area contributed by atoms with Crippen LogP contribution in [-0.2, 0) is 11.3 Å². The van der Waals surface area contributed by atoms with Gasteiger partial charge in [0.2, 0.25) is 12.7 Å². The Balaban J connectivity index is 1.55. The highest BCUT2D eigenvalue weighted by molar-refractivity contribution is 5.91. The SMILES string of the molecule is Cc1ccc(/C=C/C(=O)NCc2ccc3c(c2)OCO3)cc1. The van der Waals surface area contributed by atoms with Crippen LogP contribution in [-0.4, -0.2) is 12.7 Å². The molecule has 2 aromatic carbocycles. The van der Waals surface area contributed by atoms with Gasteiger partial charge in [0, 0.05) is 12.6 Å². The first-order valence-electron chi connectivity index (χ1n) is 7.12. The molecule has 1 heterocycles. The van der Waals surface area contributed by atoms with Crippen molar-refractivity contribution in [1.29, 1.82) is 0 Å². The standard InChI is InChI=1S/C18H17NO3/c1-13-2-4-14(5-3-13)7-9-18(20)19-11-15-6-8-16-17(10-15)22-12-21-16/h2-10H,11-12H2,1H3,(H,19,20)/b9-7+. The maximum absolute atomic E-state index is 11.8. The molecule has 4 heteroatoms. The number of aryl methyl sites for hydroxylation is 1. The fraction of sp³-hybridized carbons (Fsp3) is 0.167. The minimum Gasteiger partial charge on any atom is -0.454 e. The van der Waals surface area contributed by atoms with Crippen LogP contribution in [0.15, 0.2) is 48.5 Å². The number of amides is 1. The van der Waals surface area contributed by atoms with Crippen molar-refractivity contribution >= 4 is 12.0 Å². The lowest BCUT2D eigenvalue weighted by Crippen LogP contribution is -2.20. The fourth-order valence-electron chi connectivity index (χ4n) is 2.15. The second-order valence-electron chi connectivity index (χ2n) is 5.15. The quantitative estimate of drug-likeness (QED) is 0.882. The van der Waals surface area contributed by atoms with Gasteiger partial charge < -0.3 is 14.8 Å². The number of hydrogen-bond acceptors (Lipinski definition) is 3. The summed E-state index contributed by atoms with van der Waals surface area (Å²) in [6.45, 7) is 2.74. The van der Waals surface area contributed by atoms with Crippen LogP contribution in [0.1, 0.15) is 16.7 Å². The lowest BCUT2D eigenvalue weighted by atomic mass is 10.1. The number of hydrogen-bond donors (Lipinski definition) is 1. The molecule has 4 nitrogen and oxygen atoms in total. The fourth-order valence-corrected chi connectivity index (χ4v) is 2.15. The largest absolute Gasteiger partial charge is 0.454 e. The summed E-state index contributed by atoms with van der Waals surface area (Å²) in [6, 6.07) is 13.7. The average molecular weight is 295 g/mol. The molecular weight excluding hydrogens is 278 g/mol. The van der Waals surface area contributed by atoms with Crippen molar-refractivity contribution in [3.8, 4) is 11.5 Å². The van der Waals surface area contributed by atoms with E-state index in [9.17, 15) is 4.79 Å². The van der Waals surface area contributed by atoms with E-state index in [0.29, 0.717) is 6.54 Å². The Morgan fingerprint density at radius 3 is 2.73 bits per heavy atom. The molecule has 0 radical (unpaired) electrons. The molecule has 2 aromatic rings. The average Bonchev–Trinajstić information content (AvgIpc) is 3.00. The van der Waals surface area contributed by atoms with Gasteiger partial charge in [-0.25, -0.2) is 0 Å².